The molecule has 2 aromatic rings. The molecule has 1 aromatic heterocycles. The van der Waals surface area contributed by atoms with Gasteiger partial charge in [-0.2, -0.15) is 4.98 Å². The topological polar surface area (TPSA) is 59.1 Å². The Kier molecular flexibility index (Phi) is 6.12. The van der Waals surface area contributed by atoms with Crippen molar-refractivity contribution in [3.8, 4) is 5.75 Å². The largest absolute Gasteiger partial charge is 0.495 e. The number of allylic oxidation sites excluding steroid dienone is 1. The Bertz CT molecular complexity index is 748. The SMILES string of the molecule is COc1ccc(Cl)cc1Nc1ccnc(NCCC2=CCCCC2)n1. The highest BCUT2D eigenvalue weighted by Gasteiger charge is 2.07. The van der Waals surface area contributed by atoms with Gasteiger partial charge in [0.1, 0.15) is 11.6 Å². The van der Waals surface area contributed by atoms with Crippen molar-refractivity contribution in [2.75, 3.05) is 24.3 Å². The summed E-state index contributed by atoms with van der Waals surface area (Å²) in [6.45, 7) is 0.843. The molecule has 2 N–H and O–H groups in total. The van der Waals surface area contributed by atoms with Gasteiger partial charge in [0.2, 0.25) is 5.95 Å². The first-order chi connectivity index (χ1) is 12.2. The Morgan fingerprint density at radius 2 is 2.16 bits per heavy atom. The van der Waals surface area contributed by atoms with Gasteiger partial charge in [-0.3, -0.25) is 0 Å². The van der Waals surface area contributed by atoms with Crippen LogP contribution in [-0.2, 0) is 0 Å². The van der Waals surface area contributed by atoms with Crippen molar-refractivity contribution in [2.24, 2.45) is 0 Å². The highest BCUT2D eigenvalue weighted by Crippen LogP contribution is 2.30. The molecule has 6 heteroatoms. The van der Waals surface area contributed by atoms with E-state index < -0.39 is 0 Å². The predicted octanol–water partition coefficient (Wildman–Crippen LogP) is 5.18. The average molecular weight is 359 g/mol. The second-order valence-corrected chi connectivity index (χ2v) is 6.46. The van der Waals surface area contributed by atoms with Crippen LogP contribution in [0.2, 0.25) is 5.02 Å². The van der Waals surface area contributed by atoms with Gasteiger partial charge in [-0.25, -0.2) is 4.98 Å². The number of benzene rings is 1. The van der Waals surface area contributed by atoms with Crippen molar-refractivity contribution in [3.63, 3.8) is 0 Å². The zero-order valence-electron chi connectivity index (χ0n) is 14.4. The van der Waals surface area contributed by atoms with E-state index in [4.69, 9.17) is 16.3 Å². The number of hydrogen-bond acceptors (Lipinski definition) is 5. The van der Waals surface area contributed by atoms with Crippen LogP contribution in [0.4, 0.5) is 17.5 Å². The predicted molar refractivity (Wildman–Crippen MR) is 103 cm³/mol. The second-order valence-electron chi connectivity index (χ2n) is 6.02. The molecule has 0 unspecified atom stereocenters. The van der Waals surface area contributed by atoms with Gasteiger partial charge < -0.3 is 15.4 Å². The van der Waals surface area contributed by atoms with E-state index in [9.17, 15) is 0 Å². The molecule has 1 aromatic carbocycles. The minimum atomic E-state index is 0.613. The molecule has 3 rings (SSSR count). The van der Waals surface area contributed by atoms with Gasteiger partial charge >= 0.3 is 0 Å². The molecule has 0 aliphatic heterocycles. The van der Waals surface area contributed by atoms with Crippen molar-refractivity contribution in [1.29, 1.82) is 0 Å². The number of halogens is 1. The summed E-state index contributed by atoms with van der Waals surface area (Å²) >= 11 is 6.07. The monoisotopic (exact) mass is 358 g/mol. The molecule has 1 aliphatic carbocycles. The number of rotatable bonds is 7. The molecule has 0 spiro atoms. The van der Waals surface area contributed by atoms with E-state index in [2.05, 4.69) is 26.7 Å². The Hall–Kier alpha value is -2.27. The molecule has 1 heterocycles. The molecule has 0 saturated heterocycles. The molecule has 5 nitrogen and oxygen atoms in total. The molecule has 0 fully saturated rings. The Morgan fingerprint density at radius 3 is 2.96 bits per heavy atom. The van der Waals surface area contributed by atoms with Gasteiger partial charge in [0.15, 0.2) is 0 Å². The van der Waals surface area contributed by atoms with Crippen LogP contribution >= 0.6 is 11.6 Å². The summed E-state index contributed by atoms with van der Waals surface area (Å²) in [7, 11) is 1.63. The van der Waals surface area contributed by atoms with Gasteiger partial charge in [-0.15, -0.1) is 0 Å². The fraction of sp³-hybridized carbons (Fsp3) is 0.368. The van der Waals surface area contributed by atoms with Crippen LogP contribution in [0, 0.1) is 0 Å². The van der Waals surface area contributed by atoms with Crippen LogP contribution in [0.1, 0.15) is 32.1 Å². The van der Waals surface area contributed by atoms with Crippen molar-refractivity contribution < 1.29 is 4.74 Å². The fourth-order valence-electron chi connectivity index (χ4n) is 2.90. The smallest absolute Gasteiger partial charge is 0.224 e. The summed E-state index contributed by atoms with van der Waals surface area (Å²) in [5.41, 5.74) is 2.31. The molecule has 0 atom stereocenters. The van der Waals surface area contributed by atoms with Gasteiger partial charge in [0, 0.05) is 17.8 Å². The number of anilines is 3. The standard InChI is InChI=1S/C19H23ClN4O/c1-25-17-8-7-15(20)13-16(17)23-18-10-12-22-19(24-18)21-11-9-14-5-3-2-4-6-14/h5,7-8,10,12-13H,2-4,6,9,11H2,1H3,(H2,21,22,23,24). The molecule has 0 radical (unpaired) electrons. The van der Waals surface area contributed by atoms with E-state index in [1.165, 1.54) is 31.3 Å². The highest BCUT2D eigenvalue weighted by atomic mass is 35.5. The van der Waals surface area contributed by atoms with Gasteiger partial charge in [0.25, 0.3) is 0 Å². The Morgan fingerprint density at radius 1 is 1.24 bits per heavy atom. The third-order valence-corrected chi connectivity index (χ3v) is 4.43. The van der Waals surface area contributed by atoms with E-state index >= 15 is 0 Å². The zero-order chi connectivity index (χ0) is 17.5. The van der Waals surface area contributed by atoms with Crippen LogP contribution in [0.25, 0.3) is 0 Å². The molecule has 1 aliphatic rings. The summed E-state index contributed by atoms with van der Waals surface area (Å²) in [6.07, 6.45) is 10.2. The number of hydrogen-bond donors (Lipinski definition) is 2. The molecule has 0 saturated carbocycles. The molecular formula is C19H23ClN4O. The third-order valence-electron chi connectivity index (χ3n) is 4.19. The lowest BCUT2D eigenvalue weighted by molar-refractivity contribution is 0.417. The molecule has 0 amide bonds. The quantitative estimate of drug-likeness (QED) is 0.667. The van der Waals surface area contributed by atoms with Gasteiger partial charge in [0.05, 0.1) is 12.8 Å². The number of nitrogens with zero attached hydrogens (tertiary/aromatic N) is 2. The molecule has 0 bridgehead atoms. The number of nitrogens with one attached hydrogen (secondary N) is 2. The zero-order valence-corrected chi connectivity index (χ0v) is 15.1. The summed E-state index contributed by atoms with van der Waals surface area (Å²) in [5.74, 6) is 2.01. The maximum Gasteiger partial charge on any atom is 0.224 e. The van der Waals surface area contributed by atoms with Crippen molar-refractivity contribution in [3.05, 3.63) is 47.1 Å². The summed E-state index contributed by atoms with van der Waals surface area (Å²) < 4.78 is 5.35. The first-order valence-corrected chi connectivity index (χ1v) is 8.98. The Balaban J connectivity index is 1.61. The van der Waals surface area contributed by atoms with Gasteiger partial charge in [-0.1, -0.05) is 23.3 Å². The van der Waals surface area contributed by atoms with Crippen LogP contribution in [0.5, 0.6) is 5.75 Å². The first kappa shape index (κ1) is 17.5. The normalized spacial score (nSPS) is 13.9. The van der Waals surface area contributed by atoms with E-state index in [-0.39, 0.29) is 0 Å². The van der Waals surface area contributed by atoms with Crippen LogP contribution < -0.4 is 15.4 Å². The maximum atomic E-state index is 6.07. The van der Waals surface area contributed by atoms with Gasteiger partial charge in [-0.05, 0) is 56.4 Å². The van der Waals surface area contributed by atoms with Crippen LogP contribution in [0.3, 0.4) is 0 Å². The minimum Gasteiger partial charge on any atom is -0.495 e. The lowest BCUT2D eigenvalue weighted by Crippen LogP contribution is -2.08. The van der Waals surface area contributed by atoms with E-state index in [0.717, 1.165) is 18.7 Å². The Labute approximate surface area is 153 Å². The van der Waals surface area contributed by atoms with Crippen molar-refractivity contribution in [2.45, 2.75) is 32.1 Å². The third kappa shape index (κ3) is 5.10. The van der Waals surface area contributed by atoms with Crippen LogP contribution in [0.15, 0.2) is 42.1 Å². The highest BCUT2D eigenvalue weighted by molar-refractivity contribution is 6.31. The summed E-state index contributed by atoms with van der Waals surface area (Å²) in [6, 6.07) is 7.24. The molecular weight excluding hydrogens is 336 g/mol. The van der Waals surface area contributed by atoms with E-state index in [1.807, 2.05) is 18.2 Å². The summed E-state index contributed by atoms with van der Waals surface area (Å²) in [5, 5.41) is 7.17. The lowest BCUT2D eigenvalue weighted by Gasteiger charge is -2.14. The maximum absolute atomic E-state index is 6.07. The lowest BCUT2D eigenvalue weighted by atomic mass is 9.97. The molecule has 25 heavy (non-hydrogen) atoms. The first-order valence-electron chi connectivity index (χ1n) is 8.60. The number of aromatic nitrogens is 2. The van der Waals surface area contributed by atoms with Crippen molar-refractivity contribution >= 4 is 29.1 Å². The molecule has 132 valence electrons. The number of methoxy groups -OCH3 is 1. The minimum absolute atomic E-state index is 0.613. The summed E-state index contributed by atoms with van der Waals surface area (Å²) in [4.78, 5) is 8.79. The van der Waals surface area contributed by atoms with Crippen LogP contribution in [-0.4, -0.2) is 23.6 Å². The van der Waals surface area contributed by atoms with E-state index in [1.54, 1.807) is 19.4 Å². The second kappa shape index (κ2) is 8.72. The van der Waals surface area contributed by atoms with Crippen molar-refractivity contribution in [1.82, 2.24) is 9.97 Å². The number of ether oxygens (including phenoxy) is 1. The van der Waals surface area contributed by atoms with E-state index in [0.29, 0.717) is 22.5 Å². The fourth-order valence-corrected chi connectivity index (χ4v) is 3.07. The average Bonchev–Trinajstić information content (AvgIpc) is 2.63.